The van der Waals surface area contributed by atoms with Crippen molar-refractivity contribution in [1.82, 2.24) is 5.32 Å². The van der Waals surface area contributed by atoms with Crippen LogP contribution in [0, 0.1) is 5.92 Å². The van der Waals surface area contributed by atoms with Crippen LogP contribution in [0.15, 0.2) is 17.5 Å². The first kappa shape index (κ1) is 12.1. The lowest BCUT2D eigenvalue weighted by atomic mass is 9.84. The maximum absolute atomic E-state index is 5.82. The van der Waals surface area contributed by atoms with Gasteiger partial charge in [-0.2, -0.15) is 0 Å². The van der Waals surface area contributed by atoms with Crippen LogP contribution in [0.25, 0.3) is 0 Å². The first-order valence-electron chi connectivity index (χ1n) is 6.36. The van der Waals surface area contributed by atoms with Crippen molar-refractivity contribution in [3.63, 3.8) is 0 Å². The fourth-order valence-corrected chi connectivity index (χ4v) is 3.30. The number of nitrogens with one attached hydrogen (secondary N) is 1. The molecule has 0 radical (unpaired) electrons. The summed E-state index contributed by atoms with van der Waals surface area (Å²) in [7, 11) is 0. The second-order valence-electron chi connectivity index (χ2n) is 4.67. The third-order valence-corrected chi connectivity index (χ3v) is 4.51. The van der Waals surface area contributed by atoms with Crippen molar-refractivity contribution in [3.05, 3.63) is 22.4 Å². The third kappa shape index (κ3) is 3.30. The van der Waals surface area contributed by atoms with Crippen LogP contribution < -0.4 is 11.1 Å². The minimum atomic E-state index is 0.665. The van der Waals surface area contributed by atoms with Gasteiger partial charge in [0.05, 0.1) is 0 Å². The number of thiophene rings is 1. The van der Waals surface area contributed by atoms with Gasteiger partial charge in [-0.1, -0.05) is 18.9 Å². The molecule has 1 aliphatic rings. The lowest BCUT2D eigenvalue weighted by Crippen LogP contribution is -2.42. The second-order valence-corrected chi connectivity index (χ2v) is 5.70. The van der Waals surface area contributed by atoms with Gasteiger partial charge in [0, 0.05) is 17.5 Å². The predicted octanol–water partition coefficient (Wildman–Crippen LogP) is 2.40. The van der Waals surface area contributed by atoms with E-state index in [2.05, 4.69) is 22.8 Å². The molecule has 1 fully saturated rings. The Labute approximate surface area is 102 Å². The predicted molar refractivity (Wildman–Crippen MR) is 70.8 cm³/mol. The summed E-state index contributed by atoms with van der Waals surface area (Å²) in [5.74, 6) is 0.706. The van der Waals surface area contributed by atoms with Gasteiger partial charge in [0.15, 0.2) is 0 Å². The maximum Gasteiger partial charge on any atom is 0.0107 e. The molecule has 0 saturated heterocycles. The minimum Gasteiger partial charge on any atom is -0.330 e. The molecule has 0 bridgehead atoms. The molecule has 1 aromatic heterocycles. The summed E-state index contributed by atoms with van der Waals surface area (Å²) in [4.78, 5) is 1.48. The smallest absolute Gasteiger partial charge is 0.0107 e. The molecule has 1 saturated carbocycles. The zero-order valence-corrected chi connectivity index (χ0v) is 10.6. The summed E-state index contributed by atoms with van der Waals surface area (Å²) in [5.41, 5.74) is 5.82. The lowest BCUT2D eigenvalue weighted by Gasteiger charge is -2.31. The van der Waals surface area contributed by atoms with Crippen LogP contribution >= 0.6 is 11.3 Å². The Balaban J connectivity index is 1.71. The monoisotopic (exact) mass is 238 g/mol. The topological polar surface area (TPSA) is 38.0 Å². The summed E-state index contributed by atoms with van der Waals surface area (Å²) in [6, 6.07) is 5.01. The first-order valence-corrected chi connectivity index (χ1v) is 7.24. The molecule has 3 heteroatoms. The van der Waals surface area contributed by atoms with E-state index in [-0.39, 0.29) is 0 Å². The molecule has 16 heavy (non-hydrogen) atoms. The van der Waals surface area contributed by atoms with Crippen molar-refractivity contribution in [3.8, 4) is 0 Å². The van der Waals surface area contributed by atoms with Gasteiger partial charge >= 0.3 is 0 Å². The first-order chi connectivity index (χ1) is 7.90. The van der Waals surface area contributed by atoms with Gasteiger partial charge in [-0.05, 0) is 43.2 Å². The van der Waals surface area contributed by atoms with Crippen molar-refractivity contribution in [2.45, 2.75) is 38.1 Å². The highest BCUT2D eigenvalue weighted by atomic mass is 32.1. The second kappa shape index (κ2) is 6.38. The summed E-state index contributed by atoms with van der Waals surface area (Å²) in [6.45, 7) is 1.94. The molecule has 1 aliphatic carbocycles. The Morgan fingerprint density at radius 3 is 3.00 bits per heavy atom. The third-order valence-electron chi connectivity index (χ3n) is 3.57. The van der Waals surface area contributed by atoms with E-state index in [1.165, 1.54) is 30.6 Å². The van der Waals surface area contributed by atoms with Gasteiger partial charge in [-0.3, -0.25) is 0 Å². The van der Waals surface area contributed by atoms with Gasteiger partial charge in [-0.15, -0.1) is 11.3 Å². The molecule has 2 rings (SSSR count). The summed E-state index contributed by atoms with van der Waals surface area (Å²) in [5, 5.41) is 5.84. The van der Waals surface area contributed by atoms with Crippen LogP contribution in [-0.4, -0.2) is 19.1 Å². The Kier molecular flexibility index (Phi) is 4.82. The molecule has 2 nitrogen and oxygen atoms in total. The average Bonchev–Trinajstić information content (AvgIpc) is 2.83. The molecule has 2 unspecified atom stereocenters. The summed E-state index contributed by atoms with van der Waals surface area (Å²) >= 11 is 1.85. The van der Waals surface area contributed by atoms with Gasteiger partial charge < -0.3 is 11.1 Å². The maximum atomic E-state index is 5.82. The van der Waals surface area contributed by atoms with E-state index < -0.39 is 0 Å². The largest absolute Gasteiger partial charge is 0.330 e. The molecule has 0 spiro atoms. The van der Waals surface area contributed by atoms with Gasteiger partial charge in [-0.25, -0.2) is 0 Å². The SMILES string of the molecule is NCC1CCCCC1NCCc1cccs1. The van der Waals surface area contributed by atoms with Crippen LogP contribution in [-0.2, 0) is 6.42 Å². The highest BCUT2D eigenvalue weighted by molar-refractivity contribution is 7.09. The summed E-state index contributed by atoms with van der Waals surface area (Å²) < 4.78 is 0. The van der Waals surface area contributed by atoms with Crippen molar-refractivity contribution in [1.29, 1.82) is 0 Å². The van der Waals surface area contributed by atoms with E-state index in [0.29, 0.717) is 12.0 Å². The fraction of sp³-hybridized carbons (Fsp3) is 0.692. The molecular weight excluding hydrogens is 216 g/mol. The van der Waals surface area contributed by atoms with E-state index in [4.69, 9.17) is 5.73 Å². The average molecular weight is 238 g/mol. The van der Waals surface area contributed by atoms with E-state index in [9.17, 15) is 0 Å². The van der Waals surface area contributed by atoms with Crippen LogP contribution in [0.5, 0.6) is 0 Å². The van der Waals surface area contributed by atoms with Crippen LogP contribution in [0.2, 0.25) is 0 Å². The van der Waals surface area contributed by atoms with Crippen LogP contribution in [0.1, 0.15) is 30.6 Å². The molecule has 3 N–H and O–H groups in total. The Hall–Kier alpha value is -0.380. The van der Waals surface area contributed by atoms with Crippen molar-refractivity contribution < 1.29 is 0 Å². The number of hydrogen-bond donors (Lipinski definition) is 2. The summed E-state index contributed by atoms with van der Waals surface area (Å²) in [6.07, 6.45) is 6.52. The Morgan fingerprint density at radius 1 is 1.38 bits per heavy atom. The van der Waals surface area contributed by atoms with Gasteiger partial charge in [0.1, 0.15) is 0 Å². The lowest BCUT2D eigenvalue weighted by molar-refractivity contribution is 0.269. The molecule has 90 valence electrons. The van der Waals surface area contributed by atoms with Crippen LogP contribution in [0.3, 0.4) is 0 Å². The number of nitrogens with two attached hydrogens (primary N) is 1. The van der Waals surface area contributed by atoms with Gasteiger partial charge in [0.2, 0.25) is 0 Å². The molecule has 1 heterocycles. The quantitative estimate of drug-likeness (QED) is 0.826. The number of hydrogen-bond acceptors (Lipinski definition) is 3. The molecule has 2 atom stereocenters. The Bertz CT molecular complexity index is 284. The minimum absolute atomic E-state index is 0.665. The highest BCUT2D eigenvalue weighted by Crippen LogP contribution is 2.23. The number of rotatable bonds is 5. The van der Waals surface area contributed by atoms with Gasteiger partial charge in [0.25, 0.3) is 0 Å². The standard InChI is InChI=1S/C13H22N2S/c14-10-11-4-1-2-6-13(11)15-8-7-12-5-3-9-16-12/h3,5,9,11,13,15H,1-2,4,6-8,10,14H2. The molecule has 0 amide bonds. The zero-order chi connectivity index (χ0) is 11.2. The van der Waals surface area contributed by atoms with E-state index in [1.807, 2.05) is 11.3 Å². The molecular formula is C13H22N2S. The fourth-order valence-electron chi connectivity index (χ4n) is 2.59. The van der Waals surface area contributed by atoms with Crippen LogP contribution in [0.4, 0.5) is 0 Å². The van der Waals surface area contributed by atoms with E-state index in [1.54, 1.807) is 0 Å². The normalized spacial score (nSPS) is 25.8. The van der Waals surface area contributed by atoms with E-state index in [0.717, 1.165) is 19.5 Å². The zero-order valence-electron chi connectivity index (χ0n) is 9.82. The molecule has 0 aromatic carbocycles. The van der Waals surface area contributed by atoms with Crippen molar-refractivity contribution >= 4 is 11.3 Å². The van der Waals surface area contributed by atoms with E-state index >= 15 is 0 Å². The molecule has 0 aliphatic heterocycles. The molecule has 1 aromatic rings. The van der Waals surface area contributed by atoms with Crippen molar-refractivity contribution in [2.75, 3.05) is 13.1 Å². The van der Waals surface area contributed by atoms with Crippen molar-refractivity contribution in [2.24, 2.45) is 11.7 Å². The highest BCUT2D eigenvalue weighted by Gasteiger charge is 2.22. The Morgan fingerprint density at radius 2 is 2.25 bits per heavy atom.